The molecule has 1 fully saturated rings. The van der Waals surface area contributed by atoms with Crippen molar-refractivity contribution < 1.29 is 9.94 Å². The van der Waals surface area contributed by atoms with Gasteiger partial charge >= 0.3 is 0 Å². The predicted molar refractivity (Wildman–Crippen MR) is 93.5 cm³/mol. The van der Waals surface area contributed by atoms with Crippen LogP contribution in [0.1, 0.15) is 49.7 Å². The van der Waals surface area contributed by atoms with E-state index in [1.807, 2.05) is 6.08 Å². The lowest BCUT2D eigenvalue weighted by Crippen LogP contribution is -2.43. The Morgan fingerprint density at radius 3 is 2.96 bits per heavy atom. The number of methoxy groups -OCH3 is 1. The normalized spacial score (nSPS) is 33.0. The molecule has 0 aliphatic heterocycles. The fourth-order valence-electron chi connectivity index (χ4n) is 4.95. The molecule has 4 atom stereocenters. The van der Waals surface area contributed by atoms with Crippen LogP contribution in [0.2, 0.25) is 0 Å². The maximum absolute atomic E-state index is 9.11. The zero-order valence-corrected chi connectivity index (χ0v) is 14.2. The average Bonchev–Trinajstić information content (AvgIpc) is 2.57. The number of aryl methyl sites for hydroxylation is 1. The minimum Gasteiger partial charge on any atom is -0.497 e. The fourth-order valence-corrected chi connectivity index (χ4v) is 4.95. The minimum absolute atomic E-state index is 0.0337. The van der Waals surface area contributed by atoms with Gasteiger partial charge in [0.2, 0.25) is 0 Å². The lowest BCUT2D eigenvalue weighted by molar-refractivity contribution is 0.0861. The molecule has 1 aromatic rings. The molecule has 0 bridgehead atoms. The van der Waals surface area contributed by atoms with Gasteiger partial charge in [0.1, 0.15) is 5.75 Å². The van der Waals surface area contributed by atoms with Crippen molar-refractivity contribution in [1.29, 1.82) is 0 Å². The highest BCUT2D eigenvalue weighted by Crippen LogP contribution is 2.55. The van der Waals surface area contributed by atoms with E-state index in [0.717, 1.165) is 31.4 Å². The third-order valence-electron chi connectivity index (χ3n) is 6.14. The Bertz CT molecular complexity index is 610. The molecule has 1 saturated carbocycles. The van der Waals surface area contributed by atoms with Crippen LogP contribution in [0.5, 0.6) is 5.75 Å². The number of fused-ring (bicyclic) bond motifs is 3. The van der Waals surface area contributed by atoms with Crippen LogP contribution >= 0.6 is 0 Å². The Morgan fingerprint density at radius 1 is 1.43 bits per heavy atom. The molecule has 2 aliphatic rings. The Balaban J connectivity index is 1.95. The van der Waals surface area contributed by atoms with Crippen molar-refractivity contribution in [1.82, 2.24) is 0 Å². The summed E-state index contributed by atoms with van der Waals surface area (Å²) in [4.78, 5) is 0. The van der Waals surface area contributed by atoms with Gasteiger partial charge in [0.25, 0.3) is 0 Å². The molecule has 0 heterocycles. The van der Waals surface area contributed by atoms with Crippen molar-refractivity contribution in [3.63, 3.8) is 0 Å². The third kappa shape index (κ3) is 2.77. The second-order valence-electron chi connectivity index (χ2n) is 7.29. The molecule has 3 heteroatoms. The summed E-state index contributed by atoms with van der Waals surface area (Å²) >= 11 is 0. The van der Waals surface area contributed by atoms with Crippen LogP contribution in [0.25, 0.3) is 0 Å². The van der Waals surface area contributed by atoms with Crippen molar-refractivity contribution in [2.75, 3.05) is 7.11 Å². The first-order valence-electron chi connectivity index (χ1n) is 8.59. The summed E-state index contributed by atoms with van der Waals surface area (Å²) in [5, 5.41) is 12.5. The molecule has 124 valence electrons. The van der Waals surface area contributed by atoms with Crippen molar-refractivity contribution in [2.24, 2.45) is 22.4 Å². The number of rotatable bonds is 4. The molecule has 1 aromatic carbocycles. The molecule has 3 nitrogen and oxygen atoms in total. The number of oxime groups is 1. The minimum atomic E-state index is -0.0337. The average molecular weight is 313 g/mol. The van der Waals surface area contributed by atoms with Crippen LogP contribution in [0, 0.1) is 17.3 Å². The Kier molecular flexibility index (Phi) is 4.47. The van der Waals surface area contributed by atoms with Gasteiger partial charge in [-0.15, -0.1) is 11.7 Å². The number of nitrogens with zero attached hydrogens (tertiary/aromatic N) is 1. The van der Waals surface area contributed by atoms with E-state index in [-0.39, 0.29) is 5.41 Å². The largest absolute Gasteiger partial charge is 0.497 e. The third-order valence-corrected chi connectivity index (χ3v) is 6.14. The maximum Gasteiger partial charge on any atom is 0.119 e. The molecule has 2 aliphatic carbocycles. The summed E-state index contributed by atoms with van der Waals surface area (Å²) in [7, 11) is 1.73. The van der Waals surface area contributed by atoms with E-state index in [2.05, 4.69) is 36.9 Å². The molecular formula is C20H27NO2. The van der Waals surface area contributed by atoms with E-state index in [1.165, 1.54) is 17.5 Å². The van der Waals surface area contributed by atoms with E-state index in [0.29, 0.717) is 17.8 Å². The summed E-state index contributed by atoms with van der Waals surface area (Å²) in [6.07, 6.45) is 9.28. The van der Waals surface area contributed by atoms with E-state index >= 15 is 0 Å². The monoisotopic (exact) mass is 313 g/mol. The van der Waals surface area contributed by atoms with Crippen LogP contribution in [0.3, 0.4) is 0 Å². The van der Waals surface area contributed by atoms with Gasteiger partial charge in [-0.25, -0.2) is 0 Å². The van der Waals surface area contributed by atoms with Crippen molar-refractivity contribution >= 4 is 6.21 Å². The molecule has 0 amide bonds. The molecule has 0 aromatic heterocycles. The topological polar surface area (TPSA) is 41.8 Å². The Hall–Kier alpha value is -1.77. The van der Waals surface area contributed by atoms with Crippen LogP contribution in [0.4, 0.5) is 0 Å². The maximum atomic E-state index is 9.11. The summed E-state index contributed by atoms with van der Waals surface area (Å²) < 4.78 is 5.38. The number of hydrogen-bond acceptors (Lipinski definition) is 3. The van der Waals surface area contributed by atoms with Gasteiger partial charge in [-0.2, -0.15) is 0 Å². The van der Waals surface area contributed by atoms with Crippen molar-refractivity contribution in [3.8, 4) is 5.75 Å². The second kappa shape index (κ2) is 6.38. The van der Waals surface area contributed by atoms with Crippen molar-refractivity contribution in [2.45, 2.75) is 44.9 Å². The summed E-state index contributed by atoms with van der Waals surface area (Å²) in [6, 6.07) is 6.56. The lowest BCUT2D eigenvalue weighted by Gasteiger charge is -2.50. The molecule has 0 radical (unpaired) electrons. The highest BCUT2D eigenvalue weighted by molar-refractivity contribution is 5.65. The highest BCUT2D eigenvalue weighted by Gasteiger charge is 2.47. The van der Waals surface area contributed by atoms with Gasteiger partial charge in [0.05, 0.1) is 7.11 Å². The summed E-state index contributed by atoms with van der Waals surface area (Å²) in [5.74, 6) is 2.68. The van der Waals surface area contributed by atoms with Gasteiger partial charge in [-0.05, 0) is 73.1 Å². The first-order valence-corrected chi connectivity index (χ1v) is 8.59. The molecule has 1 N–H and O–H groups in total. The predicted octanol–water partition coefficient (Wildman–Crippen LogP) is 4.79. The fraction of sp³-hybridized carbons (Fsp3) is 0.550. The molecule has 0 unspecified atom stereocenters. The first kappa shape index (κ1) is 16.1. The summed E-state index contributed by atoms with van der Waals surface area (Å²) in [5.41, 5.74) is 2.91. The van der Waals surface area contributed by atoms with Gasteiger partial charge in [0.15, 0.2) is 0 Å². The molecule has 0 saturated heterocycles. The zero-order valence-electron chi connectivity index (χ0n) is 14.2. The van der Waals surface area contributed by atoms with E-state index in [4.69, 9.17) is 9.94 Å². The Labute approximate surface area is 139 Å². The molecule has 23 heavy (non-hydrogen) atoms. The van der Waals surface area contributed by atoms with Crippen molar-refractivity contribution in [3.05, 3.63) is 42.0 Å². The van der Waals surface area contributed by atoms with E-state index in [9.17, 15) is 0 Å². The number of benzene rings is 1. The zero-order chi connectivity index (χ0) is 16.4. The molecular weight excluding hydrogens is 286 g/mol. The summed E-state index contributed by atoms with van der Waals surface area (Å²) in [6.45, 7) is 6.20. The molecule has 0 spiro atoms. The standard InChI is InChI=1S/C20H27NO2/c1-4-5-19-18-8-6-14-12-15(23-3)7-9-16(14)17(18)10-11-20(19,2)13-21-22/h4,7,9,12-13,17-19,22H,1,5-6,8,10-11H2,2-3H3/b21-13-/t17-,18-,19+,20-/m1/s1. The highest BCUT2D eigenvalue weighted by atomic mass is 16.5. The first-order chi connectivity index (χ1) is 11.1. The van der Waals surface area contributed by atoms with Crippen LogP contribution in [-0.2, 0) is 6.42 Å². The van der Waals surface area contributed by atoms with Gasteiger partial charge in [-0.3, -0.25) is 0 Å². The van der Waals surface area contributed by atoms with Gasteiger partial charge in [0, 0.05) is 11.6 Å². The molecule has 3 rings (SSSR count). The van der Waals surface area contributed by atoms with E-state index in [1.54, 1.807) is 13.3 Å². The SMILES string of the molecule is C=CC[C@H]1[C@@H]2CCc3cc(OC)ccc3[C@H]2CC[C@]1(C)/C=N\O. The van der Waals surface area contributed by atoms with Crippen LogP contribution < -0.4 is 4.74 Å². The smallest absolute Gasteiger partial charge is 0.119 e. The van der Waals surface area contributed by atoms with Crippen LogP contribution in [-0.4, -0.2) is 18.5 Å². The van der Waals surface area contributed by atoms with Gasteiger partial charge in [-0.1, -0.05) is 19.1 Å². The second-order valence-corrected chi connectivity index (χ2v) is 7.29. The van der Waals surface area contributed by atoms with Gasteiger partial charge < -0.3 is 9.94 Å². The number of hydrogen-bond donors (Lipinski definition) is 1. The Morgan fingerprint density at radius 2 is 2.26 bits per heavy atom. The van der Waals surface area contributed by atoms with Crippen LogP contribution in [0.15, 0.2) is 36.0 Å². The lowest BCUT2D eigenvalue weighted by atomic mass is 9.54. The van der Waals surface area contributed by atoms with E-state index < -0.39 is 0 Å². The number of allylic oxidation sites excluding steroid dienone is 1. The number of ether oxygens (including phenoxy) is 1. The quantitative estimate of drug-likeness (QED) is 0.376.